The molecule has 154 valence electrons. The van der Waals surface area contributed by atoms with Crippen LogP contribution in [0.15, 0.2) is 67.0 Å². The molecule has 2 aromatic carbocycles. The average molecular weight is 403 g/mol. The van der Waals surface area contributed by atoms with Gasteiger partial charge in [0.2, 0.25) is 0 Å². The van der Waals surface area contributed by atoms with E-state index in [-0.39, 0.29) is 5.91 Å². The number of para-hydroxylation sites is 1. The van der Waals surface area contributed by atoms with Crippen molar-refractivity contribution in [3.63, 3.8) is 0 Å². The van der Waals surface area contributed by atoms with E-state index in [1.54, 1.807) is 25.3 Å². The second-order valence-electron chi connectivity index (χ2n) is 7.16. The van der Waals surface area contributed by atoms with Gasteiger partial charge in [-0.25, -0.2) is 9.97 Å². The molecule has 0 radical (unpaired) electrons. The Morgan fingerprint density at radius 2 is 1.73 bits per heavy atom. The second-order valence-corrected chi connectivity index (χ2v) is 7.16. The highest BCUT2D eigenvalue weighted by Crippen LogP contribution is 2.21. The lowest BCUT2D eigenvalue weighted by atomic mass is 10.2. The number of nitrogens with one attached hydrogen (secondary N) is 1. The van der Waals surface area contributed by atoms with Gasteiger partial charge < -0.3 is 15.0 Å². The fraction of sp³-hybridized carbons (Fsp3) is 0.261. The van der Waals surface area contributed by atoms with E-state index in [0.717, 1.165) is 38.5 Å². The number of hydrogen-bond donors (Lipinski definition) is 1. The first-order valence-corrected chi connectivity index (χ1v) is 10.0. The van der Waals surface area contributed by atoms with E-state index in [1.807, 2.05) is 18.2 Å². The molecule has 1 amide bonds. The summed E-state index contributed by atoms with van der Waals surface area (Å²) < 4.78 is 5.27. The third-order valence-electron chi connectivity index (χ3n) is 5.19. The van der Waals surface area contributed by atoms with Crippen LogP contribution in [0.1, 0.15) is 15.9 Å². The fourth-order valence-electron chi connectivity index (χ4n) is 3.58. The number of nitrogens with zero attached hydrogens (tertiary/aromatic N) is 4. The summed E-state index contributed by atoms with van der Waals surface area (Å²) in [4.78, 5) is 25.9. The molecule has 0 aliphatic carbocycles. The maximum absolute atomic E-state index is 12.6. The molecule has 0 atom stereocenters. The summed E-state index contributed by atoms with van der Waals surface area (Å²) in [5.74, 6) is 1.56. The van der Waals surface area contributed by atoms with Crippen molar-refractivity contribution in [2.24, 2.45) is 0 Å². The van der Waals surface area contributed by atoms with E-state index in [9.17, 15) is 4.79 Å². The number of carbonyl (C=O) groups is 1. The molecule has 1 saturated heterocycles. The first-order valence-electron chi connectivity index (χ1n) is 10.0. The molecule has 0 saturated carbocycles. The van der Waals surface area contributed by atoms with Crippen LogP contribution in [0.5, 0.6) is 5.75 Å². The number of aromatic nitrogens is 2. The van der Waals surface area contributed by atoms with Crippen molar-refractivity contribution in [2.75, 3.05) is 43.5 Å². The monoisotopic (exact) mass is 403 g/mol. The summed E-state index contributed by atoms with van der Waals surface area (Å²) in [6.45, 7) is 4.63. The number of hydrogen-bond acceptors (Lipinski definition) is 6. The van der Waals surface area contributed by atoms with E-state index in [0.29, 0.717) is 17.1 Å². The van der Waals surface area contributed by atoms with E-state index < -0.39 is 0 Å². The lowest BCUT2D eigenvalue weighted by Gasteiger charge is -2.35. The molecular formula is C23H25N5O2. The van der Waals surface area contributed by atoms with Crippen LogP contribution >= 0.6 is 0 Å². The number of benzene rings is 2. The van der Waals surface area contributed by atoms with E-state index >= 15 is 0 Å². The number of piperazine rings is 1. The minimum absolute atomic E-state index is 0.259. The Morgan fingerprint density at radius 3 is 2.50 bits per heavy atom. The van der Waals surface area contributed by atoms with Gasteiger partial charge in [-0.3, -0.25) is 9.69 Å². The topological polar surface area (TPSA) is 70.6 Å². The van der Waals surface area contributed by atoms with Gasteiger partial charge in [0.05, 0.1) is 12.7 Å². The van der Waals surface area contributed by atoms with Crippen LogP contribution in [0, 0.1) is 0 Å². The number of methoxy groups -OCH3 is 1. The Kier molecular flexibility index (Phi) is 6.20. The average Bonchev–Trinajstić information content (AvgIpc) is 2.80. The van der Waals surface area contributed by atoms with Gasteiger partial charge in [-0.05, 0) is 17.7 Å². The molecule has 1 aliphatic heterocycles. The number of ether oxygens (including phenoxy) is 1. The van der Waals surface area contributed by atoms with Crippen LogP contribution < -0.4 is 15.0 Å². The van der Waals surface area contributed by atoms with Gasteiger partial charge in [0.25, 0.3) is 5.91 Å². The molecule has 4 rings (SSSR count). The second kappa shape index (κ2) is 9.37. The molecule has 0 bridgehead atoms. The van der Waals surface area contributed by atoms with Crippen molar-refractivity contribution in [2.45, 2.75) is 6.54 Å². The van der Waals surface area contributed by atoms with Gasteiger partial charge in [-0.15, -0.1) is 0 Å². The van der Waals surface area contributed by atoms with Crippen LogP contribution in [-0.2, 0) is 6.54 Å². The Labute approximate surface area is 176 Å². The normalized spacial score (nSPS) is 14.4. The quantitative estimate of drug-likeness (QED) is 0.682. The zero-order chi connectivity index (χ0) is 20.8. The maximum atomic E-state index is 12.6. The van der Waals surface area contributed by atoms with Crippen molar-refractivity contribution >= 4 is 17.5 Å². The van der Waals surface area contributed by atoms with Gasteiger partial charge in [-0.1, -0.05) is 42.5 Å². The zero-order valence-corrected chi connectivity index (χ0v) is 17.0. The van der Waals surface area contributed by atoms with Crippen molar-refractivity contribution < 1.29 is 9.53 Å². The van der Waals surface area contributed by atoms with E-state index in [1.165, 1.54) is 11.9 Å². The summed E-state index contributed by atoms with van der Waals surface area (Å²) in [6, 6.07) is 19.5. The Bertz CT molecular complexity index is 988. The maximum Gasteiger partial charge on any atom is 0.260 e. The SMILES string of the molecule is COc1ccccc1C(=O)Nc1cc(N2CCN(Cc3ccccc3)CC2)ncn1. The van der Waals surface area contributed by atoms with Crippen molar-refractivity contribution in [3.05, 3.63) is 78.1 Å². The van der Waals surface area contributed by atoms with Gasteiger partial charge in [-0.2, -0.15) is 0 Å². The molecule has 1 N–H and O–H groups in total. The third kappa shape index (κ3) is 4.75. The fourth-order valence-corrected chi connectivity index (χ4v) is 3.58. The minimum atomic E-state index is -0.259. The van der Waals surface area contributed by atoms with Crippen LogP contribution in [0.3, 0.4) is 0 Å². The lowest BCUT2D eigenvalue weighted by molar-refractivity contribution is 0.102. The molecule has 30 heavy (non-hydrogen) atoms. The number of amides is 1. The van der Waals surface area contributed by atoms with Crippen LogP contribution in [0.2, 0.25) is 0 Å². The molecular weight excluding hydrogens is 378 g/mol. The number of rotatable bonds is 6. The largest absolute Gasteiger partial charge is 0.496 e. The van der Waals surface area contributed by atoms with Crippen molar-refractivity contribution in [1.82, 2.24) is 14.9 Å². The van der Waals surface area contributed by atoms with Crippen molar-refractivity contribution in [3.8, 4) is 5.75 Å². The lowest BCUT2D eigenvalue weighted by Crippen LogP contribution is -2.46. The van der Waals surface area contributed by atoms with Crippen LogP contribution in [0.4, 0.5) is 11.6 Å². The minimum Gasteiger partial charge on any atom is -0.496 e. The number of carbonyl (C=O) groups excluding carboxylic acids is 1. The molecule has 2 heterocycles. The Hall–Kier alpha value is -3.45. The van der Waals surface area contributed by atoms with Crippen LogP contribution in [0.25, 0.3) is 0 Å². The molecule has 3 aromatic rings. The Balaban J connectivity index is 1.37. The highest BCUT2D eigenvalue weighted by molar-refractivity contribution is 6.05. The summed E-state index contributed by atoms with van der Waals surface area (Å²) in [7, 11) is 1.55. The van der Waals surface area contributed by atoms with Gasteiger partial charge in [0.1, 0.15) is 23.7 Å². The predicted molar refractivity (Wildman–Crippen MR) is 117 cm³/mol. The summed E-state index contributed by atoms with van der Waals surface area (Å²) >= 11 is 0. The standard InChI is InChI=1S/C23H25N5O2/c1-30-20-10-6-5-9-19(20)23(29)26-21-15-22(25-17-24-21)28-13-11-27(12-14-28)16-18-7-3-2-4-8-18/h2-10,15,17H,11-14,16H2,1H3,(H,24,25,26,29). The highest BCUT2D eigenvalue weighted by atomic mass is 16.5. The third-order valence-corrected chi connectivity index (χ3v) is 5.19. The first-order chi connectivity index (χ1) is 14.7. The predicted octanol–water partition coefficient (Wildman–Crippen LogP) is 3.06. The zero-order valence-electron chi connectivity index (χ0n) is 17.0. The molecule has 7 heteroatoms. The molecule has 1 aliphatic rings. The molecule has 1 fully saturated rings. The Morgan fingerprint density at radius 1 is 1.00 bits per heavy atom. The van der Waals surface area contributed by atoms with Crippen LogP contribution in [-0.4, -0.2) is 54.1 Å². The van der Waals surface area contributed by atoms with Gasteiger partial charge in [0.15, 0.2) is 0 Å². The first kappa shape index (κ1) is 19.8. The summed E-state index contributed by atoms with van der Waals surface area (Å²) in [5.41, 5.74) is 1.80. The van der Waals surface area contributed by atoms with E-state index in [2.05, 4.69) is 49.4 Å². The van der Waals surface area contributed by atoms with Gasteiger partial charge in [0, 0.05) is 38.8 Å². The number of anilines is 2. The molecule has 0 spiro atoms. The summed E-state index contributed by atoms with van der Waals surface area (Å²) in [5, 5.41) is 2.85. The summed E-state index contributed by atoms with van der Waals surface area (Å²) in [6.07, 6.45) is 1.49. The molecule has 1 aromatic heterocycles. The smallest absolute Gasteiger partial charge is 0.260 e. The molecule has 7 nitrogen and oxygen atoms in total. The van der Waals surface area contributed by atoms with Gasteiger partial charge >= 0.3 is 0 Å². The molecule has 0 unspecified atom stereocenters. The highest BCUT2D eigenvalue weighted by Gasteiger charge is 2.19. The van der Waals surface area contributed by atoms with E-state index in [4.69, 9.17) is 4.74 Å². The van der Waals surface area contributed by atoms with Crippen molar-refractivity contribution in [1.29, 1.82) is 0 Å².